The number of hydrogen-bond donors (Lipinski definition) is 1. The second kappa shape index (κ2) is 6.78. The van der Waals surface area contributed by atoms with Crippen molar-refractivity contribution in [2.45, 2.75) is 64.5 Å². The molecule has 4 amide bonds. The molecule has 3 aliphatic heterocycles. The van der Waals surface area contributed by atoms with Gasteiger partial charge in [-0.2, -0.15) is 0 Å². The summed E-state index contributed by atoms with van der Waals surface area (Å²) in [5.41, 5.74) is -0.960. The van der Waals surface area contributed by atoms with Crippen LogP contribution in [0.3, 0.4) is 0 Å². The van der Waals surface area contributed by atoms with Crippen LogP contribution in [0.15, 0.2) is 18.2 Å². The van der Waals surface area contributed by atoms with E-state index in [0.717, 1.165) is 29.8 Å². The molecule has 1 aromatic carbocycles. The van der Waals surface area contributed by atoms with Gasteiger partial charge in [-0.25, -0.2) is 4.79 Å². The highest BCUT2D eigenvalue weighted by molar-refractivity contribution is 6.20. The Balaban J connectivity index is 1.92. The number of hydrogen-bond acceptors (Lipinski definition) is 6. The van der Waals surface area contributed by atoms with Gasteiger partial charge in [0.1, 0.15) is 0 Å². The fourth-order valence-corrected chi connectivity index (χ4v) is 5.15. The van der Waals surface area contributed by atoms with Gasteiger partial charge in [0.15, 0.2) is 5.41 Å². The Morgan fingerprint density at radius 2 is 1.90 bits per heavy atom. The Hall–Kier alpha value is -2.97. The first-order valence-electron chi connectivity index (χ1n) is 10.3. The van der Waals surface area contributed by atoms with Gasteiger partial charge < -0.3 is 4.90 Å². The van der Waals surface area contributed by atoms with Crippen LogP contribution in [0.5, 0.6) is 0 Å². The number of nitrogens with zero attached hydrogens (tertiary/aromatic N) is 3. The van der Waals surface area contributed by atoms with E-state index in [1.807, 2.05) is 0 Å². The van der Waals surface area contributed by atoms with Crippen molar-refractivity contribution in [2.24, 2.45) is 5.41 Å². The second-order valence-electron chi connectivity index (χ2n) is 9.35. The number of fused-ring (bicyclic) bond motifs is 4. The molecule has 0 bridgehead atoms. The average Bonchev–Trinajstić information content (AvgIpc) is 2.91. The monoisotopic (exact) mass is 414 g/mol. The van der Waals surface area contributed by atoms with E-state index in [1.54, 1.807) is 26.8 Å². The largest absolute Gasteiger partial charge is 0.367 e. The molecular weight excluding hydrogens is 388 g/mol. The maximum Gasteiger partial charge on any atom is 0.331 e. The Kier molecular flexibility index (Phi) is 4.59. The smallest absolute Gasteiger partial charge is 0.331 e. The van der Waals surface area contributed by atoms with Gasteiger partial charge in [-0.1, -0.05) is 12.8 Å². The highest BCUT2D eigenvalue weighted by Crippen LogP contribution is 2.48. The number of rotatable bonds is 1. The van der Waals surface area contributed by atoms with Gasteiger partial charge >= 0.3 is 6.03 Å². The molecule has 4 rings (SSSR count). The normalized spacial score (nSPS) is 26.8. The number of imide groups is 2. The number of non-ortho nitro benzene ring substituents is 1. The predicted octanol–water partition coefficient (Wildman–Crippen LogP) is 2.76. The molecule has 9 nitrogen and oxygen atoms in total. The molecule has 0 unspecified atom stereocenters. The molecule has 2 fully saturated rings. The summed E-state index contributed by atoms with van der Waals surface area (Å²) in [7, 11) is 0. The summed E-state index contributed by atoms with van der Waals surface area (Å²) in [6.07, 6.45) is 3.43. The SMILES string of the molecule is CC(C)(C)N1C(=O)NC(=O)[C@]2(Cc3cc([N+](=O)[O-])ccc3N3CCCCC[C@@H]32)C1=O. The summed E-state index contributed by atoms with van der Waals surface area (Å²) in [4.78, 5) is 53.8. The van der Waals surface area contributed by atoms with Crippen molar-refractivity contribution in [3.63, 3.8) is 0 Å². The van der Waals surface area contributed by atoms with Gasteiger partial charge in [-0.15, -0.1) is 0 Å². The maximum atomic E-state index is 13.8. The van der Waals surface area contributed by atoms with E-state index in [-0.39, 0.29) is 12.1 Å². The first-order valence-corrected chi connectivity index (χ1v) is 10.3. The number of nitro benzene ring substituents is 1. The molecule has 3 heterocycles. The summed E-state index contributed by atoms with van der Waals surface area (Å²) < 4.78 is 0. The van der Waals surface area contributed by atoms with E-state index >= 15 is 0 Å². The van der Waals surface area contributed by atoms with Crippen molar-refractivity contribution in [3.8, 4) is 0 Å². The summed E-state index contributed by atoms with van der Waals surface area (Å²) in [6, 6.07) is 3.52. The molecule has 0 aromatic heterocycles. The Morgan fingerprint density at radius 1 is 1.17 bits per heavy atom. The van der Waals surface area contributed by atoms with Crippen molar-refractivity contribution < 1.29 is 19.3 Å². The highest BCUT2D eigenvalue weighted by atomic mass is 16.6. The Morgan fingerprint density at radius 3 is 2.57 bits per heavy atom. The maximum absolute atomic E-state index is 13.8. The average molecular weight is 414 g/mol. The van der Waals surface area contributed by atoms with Crippen molar-refractivity contribution >= 4 is 29.2 Å². The van der Waals surface area contributed by atoms with Gasteiger partial charge in [0.25, 0.3) is 5.69 Å². The molecule has 0 saturated carbocycles. The van der Waals surface area contributed by atoms with E-state index in [0.29, 0.717) is 18.5 Å². The number of nitro groups is 1. The third-order valence-electron chi connectivity index (χ3n) is 6.46. The molecule has 9 heteroatoms. The fraction of sp³-hybridized carbons (Fsp3) is 0.571. The first kappa shape index (κ1) is 20.3. The molecule has 2 atom stereocenters. The molecule has 1 N–H and O–H groups in total. The lowest BCUT2D eigenvalue weighted by atomic mass is 9.67. The molecule has 160 valence electrons. The van der Waals surface area contributed by atoms with E-state index in [9.17, 15) is 24.5 Å². The summed E-state index contributed by atoms with van der Waals surface area (Å²) in [5.74, 6) is -1.12. The number of amides is 4. The van der Waals surface area contributed by atoms with Gasteiger partial charge in [0.05, 0.1) is 11.0 Å². The molecule has 2 saturated heterocycles. The van der Waals surface area contributed by atoms with Crippen LogP contribution in [-0.2, 0) is 16.0 Å². The van der Waals surface area contributed by atoms with Crippen LogP contribution < -0.4 is 10.2 Å². The fourth-order valence-electron chi connectivity index (χ4n) is 5.15. The Bertz CT molecular complexity index is 953. The van der Waals surface area contributed by atoms with Crippen LogP contribution in [0.2, 0.25) is 0 Å². The molecular formula is C21H26N4O5. The molecule has 0 radical (unpaired) electrons. The topological polar surface area (TPSA) is 113 Å². The molecule has 1 spiro atoms. The lowest BCUT2D eigenvalue weighted by Gasteiger charge is -2.53. The summed E-state index contributed by atoms with van der Waals surface area (Å²) in [6.45, 7) is 5.91. The number of carbonyl (C=O) groups is 3. The van der Waals surface area contributed by atoms with Gasteiger partial charge in [-0.3, -0.25) is 29.9 Å². The number of nitrogens with one attached hydrogen (secondary N) is 1. The van der Waals surface area contributed by atoms with E-state index < -0.39 is 39.8 Å². The minimum atomic E-state index is -1.49. The zero-order valence-corrected chi connectivity index (χ0v) is 17.4. The Labute approximate surface area is 174 Å². The van der Waals surface area contributed by atoms with Crippen LogP contribution in [0, 0.1) is 15.5 Å². The van der Waals surface area contributed by atoms with E-state index in [2.05, 4.69) is 10.2 Å². The zero-order chi connectivity index (χ0) is 21.8. The second-order valence-corrected chi connectivity index (χ2v) is 9.35. The number of barbiturate groups is 1. The summed E-state index contributed by atoms with van der Waals surface area (Å²) in [5, 5.41) is 13.8. The lowest BCUT2D eigenvalue weighted by molar-refractivity contribution is -0.384. The van der Waals surface area contributed by atoms with Crippen molar-refractivity contribution in [3.05, 3.63) is 33.9 Å². The van der Waals surface area contributed by atoms with Crippen LogP contribution in [-0.4, -0.2) is 45.8 Å². The van der Waals surface area contributed by atoms with Crippen molar-refractivity contribution in [2.75, 3.05) is 11.4 Å². The quantitative estimate of drug-likeness (QED) is 0.429. The number of benzene rings is 1. The highest BCUT2D eigenvalue weighted by Gasteiger charge is 2.63. The summed E-state index contributed by atoms with van der Waals surface area (Å²) >= 11 is 0. The molecule has 0 aliphatic carbocycles. The predicted molar refractivity (Wildman–Crippen MR) is 109 cm³/mol. The van der Waals surface area contributed by atoms with E-state index in [1.165, 1.54) is 12.1 Å². The zero-order valence-electron chi connectivity index (χ0n) is 17.4. The van der Waals surface area contributed by atoms with Crippen LogP contribution >= 0.6 is 0 Å². The minimum absolute atomic E-state index is 0.0374. The van der Waals surface area contributed by atoms with Crippen LogP contribution in [0.4, 0.5) is 16.2 Å². The molecule has 3 aliphatic rings. The lowest BCUT2D eigenvalue weighted by Crippen LogP contribution is -2.74. The minimum Gasteiger partial charge on any atom is -0.367 e. The standard InChI is InChI=1S/C21H26N4O5/c1-20(2,3)24-18(27)21(17(26)22-19(24)28)12-13-11-14(25(29)30)8-9-15(13)23-10-6-4-5-7-16(21)23/h8-9,11,16H,4-7,10,12H2,1-3H3,(H,22,26,28)/t16-,21-/m1/s1. The third kappa shape index (κ3) is 2.86. The number of anilines is 1. The molecule has 1 aromatic rings. The van der Waals surface area contributed by atoms with Crippen LogP contribution in [0.1, 0.15) is 52.0 Å². The van der Waals surface area contributed by atoms with Crippen LogP contribution in [0.25, 0.3) is 0 Å². The first-order chi connectivity index (χ1) is 14.1. The third-order valence-corrected chi connectivity index (χ3v) is 6.46. The molecule has 30 heavy (non-hydrogen) atoms. The number of urea groups is 1. The number of carbonyl (C=O) groups excluding carboxylic acids is 3. The van der Waals surface area contributed by atoms with Gasteiger partial charge in [-0.05, 0) is 45.2 Å². The van der Waals surface area contributed by atoms with Crippen molar-refractivity contribution in [1.82, 2.24) is 10.2 Å². The van der Waals surface area contributed by atoms with Crippen molar-refractivity contribution in [1.29, 1.82) is 0 Å². The van der Waals surface area contributed by atoms with Gasteiger partial charge in [0.2, 0.25) is 11.8 Å². The van der Waals surface area contributed by atoms with Gasteiger partial charge in [0, 0.05) is 36.3 Å². The van der Waals surface area contributed by atoms with E-state index in [4.69, 9.17) is 0 Å².